The Morgan fingerprint density at radius 3 is 2.90 bits per heavy atom. The van der Waals surface area contributed by atoms with E-state index in [-0.39, 0.29) is 0 Å². The van der Waals surface area contributed by atoms with Crippen LogP contribution in [0.4, 0.5) is 0 Å². The summed E-state index contributed by atoms with van der Waals surface area (Å²) in [5.74, 6) is 1.80. The molecule has 0 N–H and O–H groups in total. The molecule has 6 heteroatoms. The molecule has 3 heterocycles. The molecule has 1 aliphatic heterocycles. The van der Waals surface area contributed by atoms with E-state index in [2.05, 4.69) is 37.9 Å². The van der Waals surface area contributed by atoms with Gasteiger partial charge in [0.25, 0.3) is 0 Å². The Kier molecular flexibility index (Phi) is 3.73. The molecule has 1 aliphatic carbocycles. The molecule has 2 aliphatic rings. The first-order chi connectivity index (χ1) is 10.4. The van der Waals surface area contributed by atoms with E-state index in [1.807, 2.05) is 16.0 Å². The summed E-state index contributed by atoms with van der Waals surface area (Å²) in [6.45, 7) is 3.00. The number of tetrazole rings is 1. The predicted molar refractivity (Wildman–Crippen MR) is 81.9 cm³/mol. The van der Waals surface area contributed by atoms with Gasteiger partial charge in [-0.15, -0.1) is 16.4 Å². The summed E-state index contributed by atoms with van der Waals surface area (Å²) in [6.07, 6.45) is 6.74. The van der Waals surface area contributed by atoms with Crippen LogP contribution in [0.2, 0.25) is 0 Å². The molecule has 1 unspecified atom stereocenters. The Bertz CT molecular complexity index is 573. The van der Waals surface area contributed by atoms with Gasteiger partial charge >= 0.3 is 0 Å². The summed E-state index contributed by atoms with van der Waals surface area (Å²) in [5, 5.41) is 14.6. The van der Waals surface area contributed by atoms with Gasteiger partial charge in [0.05, 0.1) is 12.6 Å². The average Bonchev–Trinajstić information content (AvgIpc) is 3.19. The first-order valence-corrected chi connectivity index (χ1v) is 8.82. The maximum Gasteiger partial charge on any atom is 0.168 e. The van der Waals surface area contributed by atoms with Crippen LogP contribution in [0.25, 0.3) is 0 Å². The number of fused-ring (bicyclic) bond motifs is 1. The van der Waals surface area contributed by atoms with Crippen LogP contribution in [0.5, 0.6) is 0 Å². The summed E-state index contributed by atoms with van der Waals surface area (Å²) in [4.78, 5) is 4.05. The van der Waals surface area contributed by atoms with Gasteiger partial charge in [0, 0.05) is 18.0 Å². The van der Waals surface area contributed by atoms with Gasteiger partial charge in [0.1, 0.15) is 0 Å². The SMILES string of the molecule is c1csc(CN2CCn3nnnc3C2C2CCCCC2)c1. The van der Waals surface area contributed by atoms with Gasteiger partial charge < -0.3 is 0 Å². The van der Waals surface area contributed by atoms with E-state index in [9.17, 15) is 0 Å². The molecule has 0 spiro atoms. The summed E-state index contributed by atoms with van der Waals surface area (Å²) >= 11 is 1.85. The normalized spacial score (nSPS) is 24.1. The van der Waals surface area contributed by atoms with Crippen molar-refractivity contribution >= 4 is 11.3 Å². The second kappa shape index (κ2) is 5.85. The van der Waals surface area contributed by atoms with Crippen LogP contribution in [0, 0.1) is 5.92 Å². The largest absolute Gasteiger partial charge is 0.286 e. The van der Waals surface area contributed by atoms with Crippen molar-refractivity contribution in [1.82, 2.24) is 25.1 Å². The fourth-order valence-electron chi connectivity index (χ4n) is 3.85. The average molecular weight is 303 g/mol. The van der Waals surface area contributed by atoms with Crippen LogP contribution in [0.3, 0.4) is 0 Å². The van der Waals surface area contributed by atoms with Crippen LogP contribution in [-0.2, 0) is 13.1 Å². The number of hydrogen-bond donors (Lipinski definition) is 0. The molecule has 1 fully saturated rings. The van der Waals surface area contributed by atoms with Crippen molar-refractivity contribution in [1.29, 1.82) is 0 Å². The summed E-state index contributed by atoms with van der Waals surface area (Å²) < 4.78 is 2.02. The standard InChI is InChI=1S/C15H21N5S/c1-2-5-12(6-3-1)14-15-16-17-18-20(15)9-8-19(14)11-13-7-4-10-21-13/h4,7,10,12,14H,1-3,5-6,8-9,11H2. The van der Waals surface area contributed by atoms with Gasteiger partial charge in [-0.1, -0.05) is 25.3 Å². The van der Waals surface area contributed by atoms with Crippen molar-refractivity contribution in [3.63, 3.8) is 0 Å². The minimum Gasteiger partial charge on any atom is -0.286 e. The Morgan fingerprint density at radius 2 is 2.10 bits per heavy atom. The van der Waals surface area contributed by atoms with Crippen LogP contribution in [-0.4, -0.2) is 31.7 Å². The third kappa shape index (κ3) is 2.62. The Morgan fingerprint density at radius 1 is 1.19 bits per heavy atom. The highest BCUT2D eigenvalue weighted by Crippen LogP contribution is 2.39. The third-order valence-corrected chi connectivity index (χ3v) is 5.71. The molecule has 2 aromatic heterocycles. The molecule has 2 aromatic rings. The molecular formula is C15H21N5S. The molecule has 0 radical (unpaired) electrons. The topological polar surface area (TPSA) is 46.8 Å². The highest BCUT2D eigenvalue weighted by Gasteiger charge is 2.36. The molecule has 0 amide bonds. The zero-order valence-corrected chi connectivity index (χ0v) is 13.0. The van der Waals surface area contributed by atoms with Gasteiger partial charge in [-0.25, -0.2) is 4.68 Å². The van der Waals surface area contributed by atoms with Crippen molar-refractivity contribution in [2.75, 3.05) is 6.54 Å². The maximum absolute atomic E-state index is 4.36. The van der Waals surface area contributed by atoms with Crippen LogP contribution in [0.15, 0.2) is 17.5 Å². The summed E-state index contributed by atoms with van der Waals surface area (Å²) in [6, 6.07) is 4.78. The van der Waals surface area contributed by atoms with Gasteiger partial charge in [-0.3, -0.25) is 4.90 Å². The van der Waals surface area contributed by atoms with E-state index < -0.39 is 0 Å². The molecule has 0 bridgehead atoms. The van der Waals surface area contributed by atoms with Crippen LogP contribution < -0.4 is 0 Å². The fraction of sp³-hybridized carbons (Fsp3) is 0.667. The number of hydrogen-bond acceptors (Lipinski definition) is 5. The van der Waals surface area contributed by atoms with Gasteiger partial charge in [-0.2, -0.15) is 0 Å². The van der Waals surface area contributed by atoms with E-state index in [1.165, 1.54) is 37.0 Å². The first-order valence-electron chi connectivity index (χ1n) is 7.94. The first kappa shape index (κ1) is 13.4. The molecule has 1 saturated carbocycles. The maximum atomic E-state index is 4.36. The third-order valence-electron chi connectivity index (χ3n) is 4.85. The van der Waals surface area contributed by atoms with Crippen molar-refractivity contribution < 1.29 is 0 Å². The summed E-state index contributed by atoms with van der Waals surface area (Å²) in [7, 11) is 0. The highest BCUT2D eigenvalue weighted by atomic mass is 32.1. The van der Waals surface area contributed by atoms with Crippen molar-refractivity contribution in [3.8, 4) is 0 Å². The lowest BCUT2D eigenvalue weighted by molar-refractivity contribution is 0.0740. The molecule has 1 atom stereocenters. The predicted octanol–water partition coefficient (Wildman–Crippen LogP) is 2.87. The second-order valence-corrected chi connectivity index (χ2v) is 7.19. The van der Waals surface area contributed by atoms with Crippen molar-refractivity contribution in [3.05, 3.63) is 28.2 Å². The number of aromatic nitrogens is 4. The molecule has 112 valence electrons. The van der Waals surface area contributed by atoms with Gasteiger partial charge in [0.15, 0.2) is 5.82 Å². The minimum absolute atomic E-state index is 0.399. The highest BCUT2D eigenvalue weighted by molar-refractivity contribution is 7.09. The van der Waals surface area contributed by atoms with E-state index in [4.69, 9.17) is 0 Å². The quantitative estimate of drug-likeness (QED) is 0.875. The lowest BCUT2D eigenvalue weighted by Gasteiger charge is -2.40. The van der Waals surface area contributed by atoms with E-state index in [0.29, 0.717) is 12.0 Å². The van der Waals surface area contributed by atoms with Gasteiger partial charge in [-0.05, 0) is 40.6 Å². The Labute approximate surface area is 129 Å². The van der Waals surface area contributed by atoms with Crippen LogP contribution >= 0.6 is 11.3 Å². The smallest absolute Gasteiger partial charge is 0.168 e. The van der Waals surface area contributed by atoms with E-state index >= 15 is 0 Å². The van der Waals surface area contributed by atoms with E-state index in [0.717, 1.165) is 25.5 Å². The Balaban J connectivity index is 1.62. The summed E-state index contributed by atoms with van der Waals surface area (Å²) in [5.41, 5.74) is 0. The fourth-order valence-corrected chi connectivity index (χ4v) is 4.58. The van der Waals surface area contributed by atoms with Gasteiger partial charge in [0.2, 0.25) is 0 Å². The lowest BCUT2D eigenvalue weighted by atomic mass is 9.82. The lowest BCUT2D eigenvalue weighted by Crippen LogP contribution is -2.42. The van der Waals surface area contributed by atoms with Crippen LogP contribution in [0.1, 0.15) is 48.8 Å². The van der Waals surface area contributed by atoms with E-state index in [1.54, 1.807) is 0 Å². The van der Waals surface area contributed by atoms with Crippen molar-refractivity contribution in [2.45, 2.75) is 51.2 Å². The molecule has 4 rings (SSSR count). The molecule has 21 heavy (non-hydrogen) atoms. The number of rotatable bonds is 3. The molecule has 5 nitrogen and oxygen atoms in total. The second-order valence-electron chi connectivity index (χ2n) is 6.15. The number of thiophene rings is 1. The zero-order chi connectivity index (χ0) is 14.1. The molecule has 0 aromatic carbocycles. The monoisotopic (exact) mass is 303 g/mol. The minimum atomic E-state index is 0.399. The molecular weight excluding hydrogens is 282 g/mol. The van der Waals surface area contributed by atoms with Crippen molar-refractivity contribution in [2.24, 2.45) is 5.92 Å². The molecule has 0 saturated heterocycles. The zero-order valence-electron chi connectivity index (χ0n) is 12.2. The Hall–Kier alpha value is -1.27. The number of nitrogens with zero attached hydrogens (tertiary/aromatic N) is 5.